The van der Waals surface area contributed by atoms with Gasteiger partial charge in [-0.2, -0.15) is 0 Å². The van der Waals surface area contributed by atoms with Crippen molar-refractivity contribution in [2.75, 3.05) is 21.3 Å². The highest BCUT2D eigenvalue weighted by molar-refractivity contribution is 7.09. The number of ether oxygens (including phenoxy) is 2. The molecule has 1 heterocycles. The van der Waals surface area contributed by atoms with Crippen LogP contribution in [0, 0.1) is 0 Å². The molecule has 0 spiro atoms. The van der Waals surface area contributed by atoms with Crippen LogP contribution >= 0.6 is 11.3 Å². The molecule has 0 saturated heterocycles. The molecule has 1 saturated carbocycles. The lowest BCUT2D eigenvalue weighted by Crippen LogP contribution is -2.51. The molecule has 0 aromatic carbocycles. The van der Waals surface area contributed by atoms with E-state index in [0.29, 0.717) is 13.2 Å². The minimum absolute atomic E-state index is 0.121. The van der Waals surface area contributed by atoms with Gasteiger partial charge in [-0.3, -0.25) is 9.69 Å². The maximum Gasteiger partial charge on any atom is 0.326 e. The molecule has 0 bridgehead atoms. The first-order valence-electron chi connectivity index (χ1n) is 6.84. The van der Waals surface area contributed by atoms with Gasteiger partial charge in [0, 0.05) is 19.0 Å². The second kappa shape index (κ2) is 6.65. The van der Waals surface area contributed by atoms with Crippen LogP contribution in [0.2, 0.25) is 0 Å². The first-order valence-corrected chi connectivity index (χ1v) is 7.72. The number of carbonyl (C=O) groups is 1. The van der Waals surface area contributed by atoms with E-state index in [0.717, 1.165) is 36.4 Å². The van der Waals surface area contributed by atoms with Crippen molar-refractivity contribution in [3.63, 3.8) is 0 Å². The number of aromatic nitrogens is 1. The van der Waals surface area contributed by atoms with E-state index >= 15 is 0 Å². The van der Waals surface area contributed by atoms with Crippen molar-refractivity contribution in [2.24, 2.45) is 0 Å². The van der Waals surface area contributed by atoms with Gasteiger partial charge in [0.2, 0.25) is 0 Å². The number of esters is 1. The summed E-state index contributed by atoms with van der Waals surface area (Å²) in [4.78, 5) is 18.8. The van der Waals surface area contributed by atoms with E-state index in [-0.39, 0.29) is 5.97 Å². The first-order chi connectivity index (χ1) is 9.62. The molecule has 0 radical (unpaired) electrons. The van der Waals surface area contributed by atoms with Crippen LogP contribution in [0.1, 0.15) is 36.4 Å². The summed E-state index contributed by atoms with van der Waals surface area (Å²) in [6.07, 6.45) is 3.88. The summed E-state index contributed by atoms with van der Waals surface area (Å²) in [5, 5.41) is 3.00. The molecule has 0 amide bonds. The SMILES string of the molecule is COCc1nc(CN(C)C2(C(=O)OC)CCCC2)cs1. The van der Waals surface area contributed by atoms with Gasteiger partial charge in [-0.1, -0.05) is 12.8 Å². The number of methoxy groups -OCH3 is 2. The normalized spacial score (nSPS) is 17.6. The van der Waals surface area contributed by atoms with Crippen LogP contribution in [0.15, 0.2) is 5.38 Å². The van der Waals surface area contributed by atoms with Crippen molar-refractivity contribution in [2.45, 2.75) is 44.4 Å². The van der Waals surface area contributed by atoms with E-state index in [1.807, 2.05) is 12.4 Å². The number of likely N-dealkylation sites (N-methyl/N-ethyl adjacent to an activating group) is 1. The zero-order valence-electron chi connectivity index (χ0n) is 12.3. The van der Waals surface area contributed by atoms with Gasteiger partial charge >= 0.3 is 5.97 Å². The highest BCUT2D eigenvalue weighted by atomic mass is 32.1. The number of thiazole rings is 1. The maximum absolute atomic E-state index is 12.2. The Bertz CT molecular complexity index is 455. The molecule has 1 aliphatic rings. The fourth-order valence-electron chi connectivity index (χ4n) is 2.90. The molecule has 1 fully saturated rings. The number of carbonyl (C=O) groups excluding carboxylic acids is 1. The van der Waals surface area contributed by atoms with E-state index in [2.05, 4.69) is 9.88 Å². The summed E-state index contributed by atoms with van der Waals surface area (Å²) in [6, 6.07) is 0. The minimum Gasteiger partial charge on any atom is -0.468 e. The molecule has 0 unspecified atom stereocenters. The smallest absolute Gasteiger partial charge is 0.326 e. The summed E-state index contributed by atoms with van der Waals surface area (Å²) in [5.41, 5.74) is 0.513. The van der Waals surface area contributed by atoms with Crippen LogP contribution in [-0.2, 0) is 27.4 Å². The molecular weight excluding hydrogens is 276 g/mol. The van der Waals surface area contributed by atoms with E-state index in [9.17, 15) is 4.79 Å². The van der Waals surface area contributed by atoms with Crippen LogP contribution in [-0.4, -0.2) is 42.7 Å². The molecule has 20 heavy (non-hydrogen) atoms. The van der Waals surface area contributed by atoms with Crippen LogP contribution in [0.25, 0.3) is 0 Å². The molecule has 112 valence electrons. The average Bonchev–Trinajstić information content (AvgIpc) is 3.08. The molecule has 6 heteroatoms. The molecule has 1 aromatic heterocycles. The van der Waals surface area contributed by atoms with Gasteiger partial charge in [0.05, 0.1) is 19.4 Å². The molecule has 2 rings (SSSR count). The Labute approximate surface area is 123 Å². The Kier molecular flexibility index (Phi) is 5.12. The molecule has 5 nitrogen and oxygen atoms in total. The summed E-state index contributed by atoms with van der Waals surface area (Å²) in [5.74, 6) is -0.121. The highest BCUT2D eigenvalue weighted by Crippen LogP contribution is 2.36. The van der Waals surface area contributed by atoms with Crippen molar-refractivity contribution in [1.82, 2.24) is 9.88 Å². The molecule has 0 N–H and O–H groups in total. The Morgan fingerprint density at radius 2 is 2.15 bits per heavy atom. The van der Waals surface area contributed by atoms with Crippen molar-refractivity contribution in [1.29, 1.82) is 0 Å². The quantitative estimate of drug-likeness (QED) is 0.754. The Morgan fingerprint density at radius 3 is 2.75 bits per heavy atom. The zero-order chi connectivity index (χ0) is 14.6. The van der Waals surface area contributed by atoms with Gasteiger partial charge in [0.1, 0.15) is 10.5 Å². The Morgan fingerprint density at radius 1 is 1.45 bits per heavy atom. The summed E-state index contributed by atoms with van der Waals surface area (Å²) in [6.45, 7) is 1.20. The predicted octanol–water partition coefficient (Wildman–Crippen LogP) is 2.21. The summed E-state index contributed by atoms with van der Waals surface area (Å²) >= 11 is 1.59. The van der Waals surface area contributed by atoms with Crippen molar-refractivity contribution < 1.29 is 14.3 Å². The predicted molar refractivity (Wildman–Crippen MR) is 77.5 cm³/mol. The fourth-order valence-corrected chi connectivity index (χ4v) is 3.65. The van der Waals surface area contributed by atoms with Gasteiger partial charge < -0.3 is 9.47 Å². The number of hydrogen-bond donors (Lipinski definition) is 0. The number of nitrogens with zero attached hydrogens (tertiary/aromatic N) is 2. The van der Waals surface area contributed by atoms with Gasteiger partial charge in [0.25, 0.3) is 0 Å². The Balaban J connectivity index is 2.08. The monoisotopic (exact) mass is 298 g/mol. The van der Waals surface area contributed by atoms with Crippen molar-refractivity contribution in [3.8, 4) is 0 Å². The molecule has 1 aliphatic carbocycles. The number of rotatable bonds is 6. The van der Waals surface area contributed by atoms with Crippen molar-refractivity contribution >= 4 is 17.3 Å². The van der Waals surface area contributed by atoms with E-state index < -0.39 is 5.54 Å². The second-order valence-electron chi connectivity index (χ2n) is 5.25. The van der Waals surface area contributed by atoms with Crippen LogP contribution in [0.5, 0.6) is 0 Å². The molecular formula is C14H22N2O3S. The van der Waals surface area contributed by atoms with Crippen LogP contribution < -0.4 is 0 Å². The lowest BCUT2D eigenvalue weighted by Gasteiger charge is -2.35. The third-order valence-corrected chi connectivity index (χ3v) is 4.86. The lowest BCUT2D eigenvalue weighted by molar-refractivity contribution is -0.154. The van der Waals surface area contributed by atoms with Crippen LogP contribution in [0.4, 0.5) is 0 Å². The van der Waals surface area contributed by atoms with Gasteiger partial charge in [-0.25, -0.2) is 4.98 Å². The van der Waals surface area contributed by atoms with E-state index in [1.165, 1.54) is 7.11 Å². The zero-order valence-corrected chi connectivity index (χ0v) is 13.2. The van der Waals surface area contributed by atoms with E-state index in [1.54, 1.807) is 18.4 Å². The van der Waals surface area contributed by atoms with Gasteiger partial charge in [-0.05, 0) is 19.9 Å². The Hall–Kier alpha value is -0.980. The molecule has 1 aromatic rings. The first kappa shape index (κ1) is 15.4. The lowest BCUT2D eigenvalue weighted by atomic mass is 9.95. The average molecular weight is 298 g/mol. The third-order valence-electron chi connectivity index (χ3n) is 3.99. The molecule has 0 atom stereocenters. The topological polar surface area (TPSA) is 51.7 Å². The fraction of sp³-hybridized carbons (Fsp3) is 0.714. The summed E-state index contributed by atoms with van der Waals surface area (Å²) in [7, 11) is 5.12. The highest BCUT2D eigenvalue weighted by Gasteiger charge is 2.45. The number of hydrogen-bond acceptors (Lipinski definition) is 6. The van der Waals surface area contributed by atoms with Crippen molar-refractivity contribution in [3.05, 3.63) is 16.1 Å². The van der Waals surface area contributed by atoms with Gasteiger partial charge in [-0.15, -0.1) is 11.3 Å². The standard InChI is InChI=1S/C14H22N2O3S/c1-16(8-11-10-20-12(15-11)9-18-2)14(13(17)19-3)6-4-5-7-14/h10H,4-9H2,1-3H3. The minimum atomic E-state index is -0.472. The largest absolute Gasteiger partial charge is 0.468 e. The maximum atomic E-state index is 12.2. The summed E-state index contributed by atoms with van der Waals surface area (Å²) < 4.78 is 10.1. The van der Waals surface area contributed by atoms with E-state index in [4.69, 9.17) is 9.47 Å². The second-order valence-corrected chi connectivity index (χ2v) is 6.19. The van der Waals surface area contributed by atoms with Gasteiger partial charge in [0.15, 0.2) is 0 Å². The molecule has 0 aliphatic heterocycles. The van der Waals surface area contributed by atoms with Crippen LogP contribution in [0.3, 0.4) is 0 Å². The third kappa shape index (κ3) is 3.02.